The van der Waals surface area contributed by atoms with E-state index in [0.717, 1.165) is 10.8 Å². The van der Waals surface area contributed by atoms with E-state index in [9.17, 15) is 22.4 Å². The summed E-state index contributed by atoms with van der Waals surface area (Å²) in [6, 6.07) is 12.9. The summed E-state index contributed by atoms with van der Waals surface area (Å²) >= 11 is 10.6. The Labute approximate surface area is 191 Å². The summed E-state index contributed by atoms with van der Waals surface area (Å²) in [4.78, 5) is 15.4. The highest BCUT2D eigenvalue weighted by molar-refractivity contribution is 7.80. The molecule has 10 heteroatoms. The highest BCUT2D eigenvalue weighted by Crippen LogP contribution is 2.33. The molecule has 0 unspecified atom stereocenters. The fourth-order valence-electron chi connectivity index (χ4n) is 3.58. The molecule has 1 aliphatic rings. The number of piperazine rings is 1. The van der Waals surface area contributed by atoms with Gasteiger partial charge in [-0.3, -0.25) is 10.1 Å². The average Bonchev–Trinajstić information content (AvgIpc) is 2.81. The van der Waals surface area contributed by atoms with E-state index < -0.39 is 34.0 Å². The average molecular weight is 482 g/mol. The number of hydrogen-bond acceptors (Lipinski definition) is 3. The van der Waals surface area contributed by atoms with Crippen molar-refractivity contribution in [2.24, 2.45) is 0 Å². The number of anilines is 1. The molecule has 1 N–H and O–H groups in total. The van der Waals surface area contributed by atoms with Crippen molar-refractivity contribution in [1.29, 1.82) is 0 Å². The number of benzene rings is 3. The van der Waals surface area contributed by atoms with Gasteiger partial charge in [-0.05, 0) is 35.1 Å². The van der Waals surface area contributed by atoms with Gasteiger partial charge in [0.25, 0.3) is 5.91 Å². The van der Waals surface area contributed by atoms with Crippen molar-refractivity contribution >= 4 is 51.3 Å². The maximum Gasteiger partial charge on any atom is 0.257 e. The van der Waals surface area contributed by atoms with E-state index in [2.05, 4.69) is 5.32 Å². The van der Waals surface area contributed by atoms with Crippen molar-refractivity contribution in [2.75, 3.05) is 31.1 Å². The Morgan fingerprint density at radius 1 is 0.875 bits per heavy atom. The SMILES string of the molecule is O=C(NC(=S)N1CCN(c2c(F)c(F)c(Cl)c(F)c2F)CC1)c1ccc2ccccc2c1. The van der Waals surface area contributed by atoms with Crippen LogP contribution in [-0.2, 0) is 0 Å². The van der Waals surface area contributed by atoms with Crippen molar-refractivity contribution in [3.8, 4) is 0 Å². The van der Waals surface area contributed by atoms with E-state index in [4.69, 9.17) is 23.8 Å². The van der Waals surface area contributed by atoms with Gasteiger partial charge in [0.15, 0.2) is 28.4 Å². The largest absolute Gasteiger partial charge is 0.363 e. The van der Waals surface area contributed by atoms with Gasteiger partial charge in [-0.1, -0.05) is 41.9 Å². The molecule has 0 spiro atoms. The van der Waals surface area contributed by atoms with Crippen LogP contribution in [0.25, 0.3) is 10.8 Å². The van der Waals surface area contributed by atoms with Crippen molar-refractivity contribution in [3.05, 3.63) is 76.3 Å². The molecule has 0 bridgehead atoms. The molecule has 0 atom stereocenters. The molecule has 1 aliphatic heterocycles. The molecule has 1 heterocycles. The number of hydrogen-bond donors (Lipinski definition) is 1. The summed E-state index contributed by atoms with van der Waals surface area (Å²) in [6.45, 7) is 0.420. The van der Waals surface area contributed by atoms with Gasteiger partial charge in [0.2, 0.25) is 0 Å². The van der Waals surface area contributed by atoms with Crippen molar-refractivity contribution in [1.82, 2.24) is 10.2 Å². The van der Waals surface area contributed by atoms with E-state index in [0.29, 0.717) is 5.56 Å². The fraction of sp³-hybridized carbons (Fsp3) is 0.182. The Hall–Kier alpha value is -2.91. The van der Waals surface area contributed by atoms with Crippen molar-refractivity contribution < 1.29 is 22.4 Å². The molecule has 0 radical (unpaired) electrons. The van der Waals surface area contributed by atoms with Crippen LogP contribution in [0.2, 0.25) is 5.02 Å². The molecule has 0 aromatic heterocycles. The number of nitrogens with zero attached hydrogens (tertiary/aromatic N) is 2. The number of carbonyl (C=O) groups is 1. The van der Waals surface area contributed by atoms with Crippen LogP contribution in [0.1, 0.15) is 10.4 Å². The predicted octanol–water partition coefficient (Wildman–Crippen LogP) is 4.89. The van der Waals surface area contributed by atoms with Crippen molar-refractivity contribution in [3.63, 3.8) is 0 Å². The van der Waals surface area contributed by atoms with Gasteiger partial charge in [0.1, 0.15) is 10.7 Å². The molecule has 166 valence electrons. The lowest BCUT2D eigenvalue weighted by Gasteiger charge is -2.37. The first-order valence-corrected chi connectivity index (χ1v) is 10.4. The maximum absolute atomic E-state index is 14.2. The molecule has 3 aromatic rings. The molecule has 4 nitrogen and oxygen atoms in total. The lowest BCUT2D eigenvalue weighted by Crippen LogP contribution is -2.53. The third kappa shape index (κ3) is 4.10. The van der Waals surface area contributed by atoms with E-state index in [-0.39, 0.29) is 37.2 Å². The number of fused-ring (bicyclic) bond motifs is 1. The molecule has 0 aliphatic carbocycles. The Balaban J connectivity index is 1.42. The first-order chi connectivity index (χ1) is 15.3. The number of carbonyl (C=O) groups excluding carboxylic acids is 1. The Morgan fingerprint density at radius 2 is 1.47 bits per heavy atom. The third-order valence-electron chi connectivity index (χ3n) is 5.30. The Morgan fingerprint density at radius 3 is 2.09 bits per heavy atom. The van der Waals surface area contributed by atoms with Gasteiger partial charge in [-0.15, -0.1) is 0 Å². The van der Waals surface area contributed by atoms with Gasteiger partial charge in [0.05, 0.1) is 0 Å². The van der Waals surface area contributed by atoms with Crippen LogP contribution in [0.15, 0.2) is 42.5 Å². The van der Waals surface area contributed by atoms with Crippen LogP contribution in [0.3, 0.4) is 0 Å². The van der Waals surface area contributed by atoms with Gasteiger partial charge >= 0.3 is 0 Å². The molecular formula is C22H16ClF4N3OS. The summed E-state index contributed by atoms with van der Waals surface area (Å²) in [5.41, 5.74) is -0.379. The monoisotopic (exact) mass is 481 g/mol. The molecule has 0 saturated carbocycles. The van der Waals surface area contributed by atoms with E-state index >= 15 is 0 Å². The standard InChI is InChI=1S/C22H16ClF4N3OS/c23-15-16(24)18(26)20(19(27)17(15)25)29-7-9-30(10-8-29)22(32)28-21(31)14-6-5-12-3-1-2-4-13(12)11-14/h1-6,11H,7-10H2,(H,28,31,32). The topological polar surface area (TPSA) is 35.6 Å². The maximum atomic E-state index is 14.2. The first-order valence-electron chi connectivity index (χ1n) is 9.63. The van der Waals surface area contributed by atoms with Gasteiger partial charge in [0, 0.05) is 31.7 Å². The predicted molar refractivity (Wildman–Crippen MR) is 119 cm³/mol. The number of rotatable bonds is 2. The third-order valence-corrected chi connectivity index (χ3v) is 5.99. The minimum atomic E-state index is -1.64. The summed E-state index contributed by atoms with van der Waals surface area (Å²) in [5, 5.41) is 3.48. The number of amides is 1. The summed E-state index contributed by atoms with van der Waals surface area (Å²) in [6.07, 6.45) is 0. The van der Waals surface area contributed by atoms with Crippen LogP contribution < -0.4 is 10.2 Å². The van der Waals surface area contributed by atoms with E-state index in [1.54, 1.807) is 17.0 Å². The van der Waals surface area contributed by atoms with Crippen LogP contribution in [0, 0.1) is 23.3 Å². The normalized spacial score (nSPS) is 14.0. The summed E-state index contributed by atoms with van der Waals surface area (Å²) < 4.78 is 56.0. The number of thiocarbonyl (C=S) groups is 1. The molecule has 1 fully saturated rings. The summed E-state index contributed by atoms with van der Waals surface area (Å²) in [7, 11) is 0. The second-order valence-electron chi connectivity index (χ2n) is 7.21. The lowest BCUT2D eigenvalue weighted by molar-refractivity contribution is 0.0973. The molecule has 1 saturated heterocycles. The summed E-state index contributed by atoms with van der Waals surface area (Å²) in [5.74, 6) is -6.76. The Bertz CT molecular complexity index is 1200. The van der Waals surface area contributed by atoms with Crippen LogP contribution in [0.5, 0.6) is 0 Å². The minimum Gasteiger partial charge on any atom is -0.363 e. The lowest BCUT2D eigenvalue weighted by atomic mass is 10.1. The molecule has 1 amide bonds. The highest BCUT2D eigenvalue weighted by atomic mass is 35.5. The molecule has 3 aromatic carbocycles. The molecule has 4 rings (SSSR count). The Kier molecular flexibility index (Phi) is 6.21. The zero-order valence-corrected chi connectivity index (χ0v) is 18.0. The molecular weight excluding hydrogens is 466 g/mol. The van der Waals surface area contributed by atoms with Gasteiger partial charge in [-0.25, -0.2) is 17.6 Å². The minimum absolute atomic E-state index is 0.0281. The van der Waals surface area contributed by atoms with Gasteiger partial charge in [-0.2, -0.15) is 0 Å². The zero-order chi connectivity index (χ0) is 23.0. The van der Waals surface area contributed by atoms with E-state index in [1.807, 2.05) is 30.3 Å². The number of nitrogens with one attached hydrogen (secondary N) is 1. The van der Waals surface area contributed by atoms with Gasteiger partial charge < -0.3 is 9.80 Å². The van der Waals surface area contributed by atoms with E-state index in [1.165, 1.54) is 4.90 Å². The van der Waals surface area contributed by atoms with Crippen LogP contribution in [-0.4, -0.2) is 42.1 Å². The second-order valence-corrected chi connectivity index (χ2v) is 7.98. The zero-order valence-electron chi connectivity index (χ0n) is 16.5. The van der Waals surface area contributed by atoms with Crippen LogP contribution in [0.4, 0.5) is 23.2 Å². The smallest absolute Gasteiger partial charge is 0.257 e. The number of halogens is 5. The second kappa shape index (κ2) is 8.91. The first kappa shape index (κ1) is 22.3. The molecule has 32 heavy (non-hydrogen) atoms. The fourth-order valence-corrected chi connectivity index (χ4v) is 4.02. The van der Waals surface area contributed by atoms with Crippen molar-refractivity contribution in [2.45, 2.75) is 0 Å². The van der Waals surface area contributed by atoms with Crippen LogP contribution >= 0.6 is 23.8 Å². The quantitative estimate of drug-likeness (QED) is 0.245. The highest BCUT2D eigenvalue weighted by Gasteiger charge is 2.30.